The maximum Gasteiger partial charge on any atom is 0.276 e. The fourth-order valence-corrected chi connectivity index (χ4v) is 5.35. The smallest absolute Gasteiger partial charge is 0.276 e. The molecule has 146 valence electrons. The third-order valence-corrected chi connectivity index (χ3v) is 7.01. The van der Waals surface area contributed by atoms with E-state index in [4.69, 9.17) is 11.6 Å². The minimum atomic E-state index is -0.136. The Morgan fingerprint density at radius 3 is 3.00 bits per heavy atom. The van der Waals surface area contributed by atoms with Crippen molar-refractivity contribution in [2.45, 2.75) is 37.4 Å². The first-order chi connectivity index (χ1) is 13.5. The first-order valence-corrected chi connectivity index (χ1v) is 11.5. The first-order valence-electron chi connectivity index (χ1n) is 9.23. The lowest BCUT2D eigenvalue weighted by molar-refractivity contribution is -0.131. The second-order valence-corrected chi connectivity index (χ2v) is 9.17. The Hall–Kier alpha value is -1.83. The van der Waals surface area contributed by atoms with Crippen LogP contribution in [-0.2, 0) is 4.79 Å². The molecule has 1 saturated heterocycles. The summed E-state index contributed by atoms with van der Waals surface area (Å²) in [6, 6.07) is 9.24. The van der Waals surface area contributed by atoms with E-state index in [0.717, 1.165) is 19.4 Å². The average molecular weight is 434 g/mol. The monoisotopic (exact) mass is 433 g/mol. The SMILES string of the molecule is CC1CCCCN1C(=O)CSc1nc2ccsc2c(=O)n1-c1cccc(Cl)c1. The molecular weight excluding hydrogens is 414 g/mol. The van der Waals surface area contributed by atoms with Gasteiger partial charge in [0.15, 0.2) is 5.16 Å². The summed E-state index contributed by atoms with van der Waals surface area (Å²) in [5.41, 5.74) is 1.18. The molecule has 3 heterocycles. The minimum Gasteiger partial charge on any atom is -0.339 e. The summed E-state index contributed by atoms with van der Waals surface area (Å²) >= 11 is 8.82. The topological polar surface area (TPSA) is 55.2 Å². The number of carbonyl (C=O) groups is 1. The molecule has 1 aliphatic heterocycles. The molecule has 1 atom stereocenters. The largest absolute Gasteiger partial charge is 0.339 e. The molecule has 28 heavy (non-hydrogen) atoms. The second-order valence-electron chi connectivity index (χ2n) is 6.87. The number of halogens is 1. The summed E-state index contributed by atoms with van der Waals surface area (Å²) < 4.78 is 2.16. The van der Waals surface area contributed by atoms with Gasteiger partial charge in [-0.1, -0.05) is 29.4 Å². The zero-order valence-electron chi connectivity index (χ0n) is 15.4. The van der Waals surface area contributed by atoms with E-state index in [-0.39, 0.29) is 23.3 Å². The Balaban J connectivity index is 1.68. The van der Waals surface area contributed by atoms with Crippen molar-refractivity contribution in [3.8, 4) is 5.69 Å². The number of rotatable bonds is 4. The number of thioether (sulfide) groups is 1. The summed E-state index contributed by atoms with van der Waals surface area (Å²) in [5, 5.41) is 2.91. The van der Waals surface area contributed by atoms with Crippen molar-refractivity contribution >= 4 is 50.8 Å². The lowest BCUT2D eigenvalue weighted by atomic mass is 10.0. The Morgan fingerprint density at radius 1 is 1.36 bits per heavy atom. The third kappa shape index (κ3) is 3.83. The van der Waals surface area contributed by atoms with Gasteiger partial charge in [-0.25, -0.2) is 4.98 Å². The van der Waals surface area contributed by atoms with E-state index in [1.165, 1.54) is 29.5 Å². The number of amides is 1. The van der Waals surface area contributed by atoms with Crippen LogP contribution >= 0.6 is 34.7 Å². The Kier molecular flexibility index (Phi) is 5.75. The van der Waals surface area contributed by atoms with E-state index in [1.54, 1.807) is 22.8 Å². The number of carbonyl (C=O) groups excluding carboxylic acids is 1. The number of benzene rings is 1. The standard InChI is InChI=1S/C20H20ClN3O2S2/c1-13-5-2-3-9-23(13)17(25)12-28-20-22-16-8-10-27-18(16)19(26)24(20)15-7-4-6-14(21)11-15/h4,6-8,10-11,13H,2-3,5,9,12H2,1H3. The van der Waals surface area contributed by atoms with Crippen molar-refractivity contribution in [1.29, 1.82) is 0 Å². The summed E-state index contributed by atoms with van der Waals surface area (Å²) in [5.74, 6) is 0.349. The quantitative estimate of drug-likeness (QED) is 0.446. The van der Waals surface area contributed by atoms with E-state index < -0.39 is 0 Å². The van der Waals surface area contributed by atoms with Crippen molar-refractivity contribution in [2.24, 2.45) is 0 Å². The molecule has 1 unspecified atom stereocenters. The molecule has 1 fully saturated rings. The van der Waals surface area contributed by atoms with E-state index >= 15 is 0 Å². The van der Waals surface area contributed by atoms with Gasteiger partial charge in [-0.05, 0) is 55.8 Å². The van der Waals surface area contributed by atoms with Gasteiger partial charge in [0, 0.05) is 17.6 Å². The molecule has 5 nitrogen and oxygen atoms in total. The molecule has 0 bridgehead atoms. The lowest BCUT2D eigenvalue weighted by Gasteiger charge is -2.33. The lowest BCUT2D eigenvalue weighted by Crippen LogP contribution is -2.43. The highest BCUT2D eigenvalue weighted by atomic mass is 35.5. The summed E-state index contributed by atoms with van der Waals surface area (Å²) in [6.45, 7) is 2.90. The van der Waals surface area contributed by atoms with Gasteiger partial charge < -0.3 is 4.90 Å². The van der Waals surface area contributed by atoms with Crippen molar-refractivity contribution < 1.29 is 4.79 Å². The van der Waals surface area contributed by atoms with Gasteiger partial charge in [-0.15, -0.1) is 11.3 Å². The molecule has 0 saturated carbocycles. The molecular formula is C20H20ClN3O2S2. The van der Waals surface area contributed by atoms with Gasteiger partial charge >= 0.3 is 0 Å². The van der Waals surface area contributed by atoms with Crippen LogP contribution < -0.4 is 5.56 Å². The van der Waals surface area contributed by atoms with Gasteiger partial charge in [0.05, 0.1) is 17.0 Å². The van der Waals surface area contributed by atoms with E-state index in [2.05, 4.69) is 11.9 Å². The molecule has 3 aromatic rings. The van der Waals surface area contributed by atoms with Crippen molar-refractivity contribution in [3.63, 3.8) is 0 Å². The highest BCUT2D eigenvalue weighted by Gasteiger charge is 2.24. The highest BCUT2D eigenvalue weighted by molar-refractivity contribution is 7.99. The van der Waals surface area contributed by atoms with Crippen LogP contribution in [0.3, 0.4) is 0 Å². The maximum atomic E-state index is 13.1. The van der Waals surface area contributed by atoms with Crippen LogP contribution in [0.15, 0.2) is 45.7 Å². The van der Waals surface area contributed by atoms with Crippen LogP contribution in [0.25, 0.3) is 15.9 Å². The third-order valence-electron chi connectivity index (χ3n) is 4.96. The zero-order chi connectivity index (χ0) is 19.7. The number of piperidine rings is 1. The average Bonchev–Trinajstić information content (AvgIpc) is 3.15. The Morgan fingerprint density at radius 2 is 2.21 bits per heavy atom. The van der Waals surface area contributed by atoms with Gasteiger partial charge in [-0.3, -0.25) is 14.2 Å². The van der Waals surface area contributed by atoms with E-state index in [9.17, 15) is 9.59 Å². The Labute approximate surface area is 176 Å². The van der Waals surface area contributed by atoms with Crippen molar-refractivity contribution in [2.75, 3.05) is 12.3 Å². The van der Waals surface area contributed by atoms with Crippen LogP contribution in [-0.4, -0.2) is 38.7 Å². The predicted octanol–water partition coefficient (Wildman–Crippen LogP) is 4.59. The minimum absolute atomic E-state index is 0.0921. The van der Waals surface area contributed by atoms with Gasteiger partial charge in [0.2, 0.25) is 5.91 Å². The normalized spacial score (nSPS) is 17.2. The highest BCUT2D eigenvalue weighted by Crippen LogP contribution is 2.26. The molecule has 0 radical (unpaired) electrons. The molecule has 0 N–H and O–H groups in total. The fraction of sp³-hybridized carbons (Fsp3) is 0.350. The second kappa shape index (κ2) is 8.27. The summed E-state index contributed by atoms with van der Waals surface area (Å²) in [6.07, 6.45) is 3.26. The molecule has 8 heteroatoms. The summed E-state index contributed by atoms with van der Waals surface area (Å²) in [4.78, 5) is 32.5. The van der Waals surface area contributed by atoms with Crippen LogP contribution in [0.4, 0.5) is 0 Å². The predicted molar refractivity (Wildman–Crippen MR) is 116 cm³/mol. The molecule has 0 aliphatic carbocycles. The van der Waals surface area contributed by atoms with E-state index in [1.807, 2.05) is 22.4 Å². The maximum absolute atomic E-state index is 13.1. The molecule has 4 rings (SSSR count). The number of aromatic nitrogens is 2. The van der Waals surface area contributed by atoms with Crippen LogP contribution in [0, 0.1) is 0 Å². The van der Waals surface area contributed by atoms with Gasteiger partial charge in [-0.2, -0.15) is 0 Å². The molecule has 2 aromatic heterocycles. The van der Waals surface area contributed by atoms with Gasteiger partial charge in [0.25, 0.3) is 5.56 Å². The number of nitrogens with zero attached hydrogens (tertiary/aromatic N) is 3. The summed E-state index contributed by atoms with van der Waals surface area (Å²) in [7, 11) is 0. The number of likely N-dealkylation sites (tertiary alicyclic amines) is 1. The number of hydrogen-bond donors (Lipinski definition) is 0. The fourth-order valence-electron chi connectivity index (χ4n) is 3.51. The van der Waals surface area contributed by atoms with Crippen molar-refractivity contribution in [1.82, 2.24) is 14.5 Å². The van der Waals surface area contributed by atoms with Crippen LogP contribution in [0.1, 0.15) is 26.2 Å². The number of fused-ring (bicyclic) bond motifs is 1. The van der Waals surface area contributed by atoms with E-state index in [0.29, 0.717) is 26.1 Å². The molecule has 1 aromatic carbocycles. The van der Waals surface area contributed by atoms with Gasteiger partial charge in [0.1, 0.15) is 4.70 Å². The zero-order valence-corrected chi connectivity index (χ0v) is 17.8. The number of hydrogen-bond acceptors (Lipinski definition) is 5. The molecule has 0 spiro atoms. The molecule has 1 aliphatic rings. The van der Waals surface area contributed by atoms with Crippen molar-refractivity contribution in [3.05, 3.63) is 51.1 Å². The van der Waals surface area contributed by atoms with Crippen LogP contribution in [0.5, 0.6) is 0 Å². The number of thiophene rings is 1. The van der Waals surface area contributed by atoms with Crippen LogP contribution in [0.2, 0.25) is 5.02 Å². The first kappa shape index (κ1) is 19.5. The molecule has 1 amide bonds. The Bertz CT molecular complexity index is 1080.